The first-order chi connectivity index (χ1) is 7.79. The zero-order valence-corrected chi connectivity index (χ0v) is 9.85. The van der Waals surface area contributed by atoms with E-state index in [1.807, 2.05) is 6.07 Å². The van der Waals surface area contributed by atoms with Gasteiger partial charge in [0.2, 0.25) is 0 Å². The van der Waals surface area contributed by atoms with Crippen LogP contribution in [0.15, 0.2) is 47.2 Å². The number of aldehydes is 1. The van der Waals surface area contributed by atoms with Crippen molar-refractivity contribution in [2.45, 2.75) is 0 Å². The number of aromatic nitrogens is 1. The van der Waals surface area contributed by atoms with Gasteiger partial charge in [-0.3, -0.25) is 9.78 Å². The molecule has 0 N–H and O–H groups in total. The van der Waals surface area contributed by atoms with Gasteiger partial charge in [0.1, 0.15) is 17.8 Å². The van der Waals surface area contributed by atoms with E-state index < -0.39 is 0 Å². The van der Waals surface area contributed by atoms with Crippen molar-refractivity contribution < 1.29 is 9.53 Å². The molecular weight excluding hydrogens is 270 g/mol. The summed E-state index contributed by atoms with van der Waals surface area (Å²) < 4.78 is 6.32. The zero-order chi connectivity index (χ0) is 11.4. The lowest BCUT2D eigenvalue weighted by Gasteiger charge is -2.07. The van der Waals surface area contributed by atoms with Crippen LogP contribution < -0.4 is 4.74 Å². The van der Waals surface area contributed by atoms with Crippen LogP contribution in [0.3, 0.4) is 0 Å². The molecule has 3 nitrogen and oxygen atoms in total. The Morgan fingerprint density at radius 1 is 1.31 bits per heavy atom. The Labute approximate surface area is 101 Å². The number of benzene rings is 1. The molecule has 0 amide bonds. The highest BCUT2D eigenvalue weighted by atomic mass is 79.9. The zero-order valence-electron chi connectivity index (χ0n) is 8.26. The largest absolute Gasteiger partial charge is 0.455 e. The summed E-state index contributed by atoms with van der Waals surface area (Å²) in [6, 6.07) is 8.75. The Bertz CT molecular complexity index is 500. The van der Waals surface area contributed by atoms with Gasteiger partial charge >= 0.3 is 0 Å². The predicted molar refractivity (Wildman–Crippen MR) is 63.8 cm³/mol. The van der Waals surface area contributed by atoms with Crippen molar-refractivity contribution in [1.82, 2.24) is 4.98 Å². The Morgan fingerprint density at radius 3 is 2.81 bits per heavy atom. The fourth-order valence-corrected chi connectivity index (χ4v) is 1.69. The molecule has 0 saturated carbocycles. The van der Waals surface area contributed by atoms with Gasteiger partial charge in [-0.2, -0.15) is 0 Å². The Hall–Kier alpha value is -1.68. The molecule has 4 heteroatoms. The Balaban J connectivity index is 2.25. The fourth-order valence-electron chi connectivity index (χ4n) is 1.21. The second-order valence-corrected chi connectivity index (χ2v) is 3.95. The quantitative estimate of drug-likeness (QED) is 0.807. The molecular formula is C12H8BrNO2. The number of carbonyl (C=O) groups excluding carboxylic acids is 1. The van der Waals surface area contributed by atoms with Gasteiger partial charge in [0.25, 0.3) is 0 Å². The van der Waals surface area contributed by atoms with E-state index in [1.54, 1.807) is 36.7 Å². The van der Waals surface area contributed by atoms with E-state index >= 15 is 0 Å². The van der Waals surface area contributed by atoms with Gasteiger partial charge in [-0.25, -0.2) is 0 Å². The number of nitrogens with zero attached hydrogens (tertiary/aromatic N) is 1. The SMILES string of the molecule is O=Cc1ccc(Oc2cccnc2)c(Br)c1. The molecule has 0 radical (unpaired) electrons. The van der Waals surface area contributed by atoms with Gasteiger partial charge in [0.05, 0.1) is 10.7 Å². The summed E-state index contributed by atoms with van der Waals surface area (Å²) in [6.45, 7) is 0. The summed E-state index contributed by atoms with van der Waals surface area (Å²) in [5.41, 5.74) is 0.602. The van der Waals surface area contributed by atoms with Crippen molar-refractivity contribution in [3.8, 4) is 11.5 Å². The molecule has 1 heterocycles. The van der Waals surface area contributed by atoms with E-state index in [1.165, 1.54) is 0 Å². The molecule has 0 unspecified atom stereocenters. The molecule has 2 aromatic rings. The molecule has 80 valence electrons. The lowest BCUT2D eigenvalue weighted by Crippen LogP contribution is -1.87. The minimum Gasteiger partial charge on any atom is -0.455 e. The second kappa shape index (κ2) is 4.90. The van der Waals surface area contributed by atoms with E-state index in [9.17, 15) is 4.79 Å². The van der Waals surface area contributed by atoms with Crippen LogP contribution in [0.2, 0.25) is 0 Å². The molecule has 0 saturated heterocycles. The highest BCUT2D eigenvalue weighted by Gasteiger charge is 2.03. The maximum atomic E-state index is 10.6. The van der Waals surface area contributed by atoms with Crippen LogP contribution in [0.4, 0.5) is 0 Å². The number of hydrogen-bond donors (Lipinski definition) is 0. The molecule has 0 aliphatic carbocycles. The maximum absolute atomic E-state index is 10.6. The summed E-state index contributed by atoms with van der Waals surface area (Å²) >= 11 is 3.34. The van der Waals surface area contributed by atoms with Crippen LogP contribution in [0.5, 0.6) is 11.5 Å². The van der Waals surface area contributed by atoms with E-state index in [-0.39, 0.29) is 0 Å². The number of rotatable bonds is 3. The van der Waals surface area contributed by atoms with Gasteiger partial charge in [0.15, 0.2) is 0 Å². The Morgan fingerprint density at radius 2 is 2.19 bits per heavy atom. The molecule has 1 aromatic heterocycles. The lowest BCUT2D eigenvalue weighted by atomic mass is 10.2. The minimum absolute atomic E-state index is 0.602. The second-order valence-electron chi connectivity index (χ2n) is 3.10. The van der Waals surface area contributed by atoms with Crippen molar-refractivity contribution in [3.63, 3.8) is 0 Å². The van der Waals surface area contributed by atoms with Gasteiger partial charge in [-0.05, 0) is 46.3 Å². The minimum atomic E-state index is 0.602. The smallest absolute Gasteiger partial charge is 0.150 e. The molecule has 0 fully saturated rings. The number of ether oxygens (including phenoxy) is 1. The topological polar surface area (TPSA) is 39.2 Å². The van der Waals surface area contributed by atoms with Gasteiger partial charge in [-0.15, -0.1) is 0 Å². The summed E-state index contributed by atoms with van der Waals surface area (Å²) in [5.74, 6) is 1.31. The molecule has 16 heavy (non-hydrogen) atoms. The van der Waals surface area contributed by atoms with Crippen LogP contribution in [0.25, 0.3) is 0 Å². The molecule has 2 rings (SSSR count). The third kappa shape index (κ3) is 2.46. The average molecular weight is 278 g/mol. The first kappa shape index (κ1) is 10.8. The monoisotopic (exact) mass is 277 g/mol. The van der Waals surface area contributed by atoms with Crippen LogP contribution >= 0.6 is 15.9 Å². The number of carbonyl (C=O) groups is 1. The van der Waals surface area contributed by atoms with Crippen LogP contribution in [-0.4, -0.2) is 11.3 Å². The number of halogens is 1. The third-order valence-corrected chi connectivity index (χ3v) is 2.57. The van der Waals surface area contributed by atoms with Crippen LogP contribution in [-0.2, 0) is 0 Å². The third-order valence-electron chi connectivity index (χ3n) is 1.95. The summed E-state index contributed by atoms with van der Waals surface area (Å²) in [6.07, 6.45) is 4.09. The van der Waals surface area contributed by atoms with Crippen molar-refractivity contribution >= 4 is 22.2 Å². The first-order valence-corrected chi connectivity index (χ1v) is 5.41. The molecule has 0 bridgehead atoms. The highest BCUT2D eigenvalue weighted by molar-refractivity contribution is 9.10. The first-order valence-electron chi connectivity index (χ1n) is 4.62. The molecule has 1 aromatic carbocycles. The molecule has 0 spiro atoms. The van der Waals surface area contributed by atoms with Crippen molar-refractivity contribution in [2.75, 3.05) is 0 Å². The fraction of sp³-hybridized carbons (Fsp3) is 0. The average Bonchev–Trinajstić information content (AvgIpc) is 2.33. The van der Waals surface area contributed by atoms with Crippen molar-refractivity contribution in [1.29, 1.82) is 0 Å². The maximum Gasteiger partial charge on any atom is 0.150 e. The van der Waals surface area contributed by atoms with E-state index in [4.69, 9.17) is 4.74 Å². The number of hydrogen-bond acceptors (Lipinski definition) is 3. The van der Waals surface area contributed by atoms with Gasteiger partial charge in [0, 0.05) is 11.8 Å². The predicted octanol–water partition coefficient (Wildman–Crippen LogP) is 3.45. The lowest BCUT2D eigenvalue weighted by molar-refractivity contribution is 0.112. The summed E-state index contributed by atoms with van der Waals surface area (Å²) in [5, 5.41) is 0. The Kier molecular flexibility index (Phi) is 3.31. The normalized spacial score (nSPS) is 9.81. The van der Waals surface area contributed by atoms with Crippen LogP contribution in [0.1, 0.15) is 10.4 Å². The highest BCUT2D eigenvalue weighted by Crippen LogP contribution is 2.29. The van der Waals surface area contributed by atoms with Gasteiger partial charge < -0.3 is 4.74 Å². The van der Waals surface area contributed by atoms with Gasteiger partial charge in [-0.1, -0.05) is 0 Å². The number of pyridine rings is 1. The molecule has 0 atom stereocenters. The summed E-state index contributed by atoms with van der Waals surface area (Å²) in [4.78, 5) is 14.5. The molecule has 0 aliphatic heterocycles. The van der Waals surface area contributed by atoms with E-state index in [0.717, 1.165) is 10.8 Å². The van der Waals surface area contributed by atoms with Crippen LogP contribution in [0, 0.1) is 0 Å². The van der Waals surface area contributed by atoms with E-state index in [2.05, 4.69) is 20.9 Å². The standard InChI is InChI=1S/C12H8BrNO2/c13-11-6-9(8-15)3-4-12(11)16-10-2-1-5-14-7-10/h1-8H. The summed E-state index contributed by atoms with van der Waals surface area (Å²) in [7, 11) is 0. The molecule has 0 aliphatic rings. The van der Waals surface area contributed by atoms with E-state index in [0.29, 0.717) is 17.1 Å². The van der Waals surface area contributed by atoms with Crippen molar-refractivity contribution in [2.24, 2.45) is 0 Å². The van der Waals surface area contributed by atoms with Crippen molar-refractivity contribution in [3.05, 3.63) is 52.8 Å².